The summed E-state index contributed by atoms with van der Waals surface area (Å²) in [6, 6.07) is 12.7. The van der Waals surface area contributed by atoms with Crippen molar-refractivity contribution in [2.75, 3.05) is 19.0 Å². The Bertz CT molecular complexity index is 781. The molecule has 0 spiro atoms. The highest BCUT2D eigenvalue weighted by atomic mass is 35.5. The van der Waals surface area contributed by atoms with Crippen molar-refractivity contribution < 1.29 is 14.3 Å². The highest BCUT2D eigenvalue weighted by Crippen LogP contribution is 2.22. The molecule has 0 aromatic heterocycles. The SMILES string of the molecule is CCOC(=O)c1ccc(NC(=S)N[C@@H](C)c2ccc(OC)cc2)cc1Cl. The first-order chi connectivity index (χ1) is 12.4. The van der Waals surface area contributed by atoms with Gasteiger partial charge in [0.2, 0.25) is 0 Å². The summed E-state index contributed by atoms with van der Waals surface area (Å²) in [7, 11) is 1.63. The van der Waals surface area contributed by atoms with Gasteiger partial charge in [-0.3, -0.25) is 0 Å². The molecule has 0 bridgehead atoms. The number of methoxy groups -OCH3 is 1. The molecule has 7 heteroatoms. The molecule has 2 aromatic carbocycles. The Morgan fingerprint density at radius 2 is 1.92 bits per heavy atom. The lowest BCUT2D eigenvalue weighted by molar-refractivity contribution is 0.0526. The first-order valence-electron chi connectivity index (χ1n) is 8.12. The lowest BCUT2D eigenvalue weighted by Gasteiger charge is -2.18. The Labute approximate surface area is 163 Å². The summed E-state index contributed by atoms with van der Waals surface area (Å²) in [4.78, 5) is 11.8. The fourth-order valence-electron chi connectivity index (χ4n) is 2.31. The van der Waals surface area contributed by atoms with Gasteiger partial charge in [0.15, 0.2) is 5.11 Å². The highest BCUT2D eigenvalue weighted by molar-refractivity contribution is 7.80. The van der Waals surface area contributed by atoms with Crippen molar-refractivity contribution in [2.45, 2.75) is 19.9 Å². The van der Waals surface area contributed by atoms with Gasteiger partial charge in [-0.25, -0.2) is 4.79 Å². The number of rotatable bonds is 6. The monoisotopic (exact) mass is 392 g/mol. The predicted octanol–water partition coefficient (Wildman–Crippen LogP) is 4.57. The Kier molecular flexibility index (Phi) is 7.24. The van der Waals surface area contributed by atoms with Gasteiger partial charge in [-0.1, -0.05) is 23.7 Å². The van der Waals surface area contributed by atoms with Gasteiger partial charge in [0, 0.05) is 5.69 Å². The number of esters is 1. The van der Waals surface area contributed by atoms with Crippen molar-refractivity contribution in [3.63, 3.8) is 0 Å². The van der Waals surface area contributed by atoms with E-state index in [9.17, 15) is 4.79 Å². The number of carbonyl (C=O) groups is 1. The highest BCUT2D eigenvalue weighted by Gasteiger charge is 2.13. The first-order valence-corrected chi connectivity index (χ1v) is 8.91. The van der Waals surface area contributed by atoms with Crippen molar-refractivity contribution in [2.24, 2.45) is 0 Å². The number of anilines is 1. The van der Waals surface area contributed by atoms with Crippen LogP contribution in [0.4, 0.5) is 5.69 Å². The molecule has 0 radical (unpaired) electrons. The number of ether oxygens (including phenoxy) is 2. The molecule has 0 heterocycles. The van der Waals surface area contributed by atoms with Crippen LogP contribution < -0.4 is 15.4 Å². The number of halogens is 1. The Morgan fingerprint density at radius 1 is 1.23 bits per heavy atom. The average molecular weight is 393 g/mol. The van der Waals surface area contributed by atoms with Crippen LogP contribution in [-0.2, 0) is 4.74 Å². The van der Waals surface area contributed by atoms with Crippen LogP contribution in [0.2, 0.25) is 5.02 Å². The molecule has 0 saturated carbocycles. The second kappa shape index (κ2) is 9.40. The lowest BCUT2D eigenvalue weighted by atomic mass is 10.1. The van der Waals surface area contributed by atoms with Gasteiger partial charge in [-0.15, -0.1) is 0 Å². The van der Waals surface area contributed by atoms with E-state index < -0.39 is 5.97 Å². The van der Waals surface area contributed by atoms with E-state index in [2.05, 4.69) is 10.6 Å². The van der Waals surface area contributed by atoms with Gasteiger partial charge in [0.25, 0.3) is 0 Å². The summed E-state index contributed by atoms with van der Waals surface area (Å²) >= 11 is 11.5. The van der Waals surface area contributed by atoms with Crippen LogP contribution in [0.3, 0.4) is 0 Å². The molecule has 1 atom stereocenters. The summed E-state index contributed by atoms with van der Waals surface area (Å²) in [6.45, 7) is 4.05. The molecule has 138 valence electrons. The van der Waals surface area contributed by atoms with Crippen LogP contribution in [0.1, 0.15) is 35.8 Å². The van der Waals surface area contributed by atoms with Gasteiger partial charge >= 0.3 is 5.97 Å². The van der Waals surface area contributed by atoms with Crippen molar-refractivity contribution in [3.8, 4) is 5.75 Å². The van der Waals surface area contributed by atoms with Gasteiger partial charge in [-0.05, 0) is 62.0 Å². The smallest absolute Gasteiger partial charge is 0.339 e. The molecular weight excluding hydrogens is 372 g/mol. The van der Waals surface area contributed by atoms with Crippen LogP contribution in [-0.4, -0.2) is 24.8 Å². The molecule has 2 rings (SSSR count). The third kappa shape index (κ3) is 5.34. The summed E-state index contributed by atoms with van der Waals surface area (Å²) in [5.74, 6) is 0.357. The molecular formula is C19H21ClN2O3S. The molecule has 2 aromatic rings. The first kappa shape index (κ1) is 20.0. The van der Waals surface area contributed by atoms with Crippen molar-refractivity contribution in [1.82, 2.24) is 5.32 Å². The quantitative estimate of drug-likeness (QED) is 0.554. The van der Waals surface area contributed by atoms with Gasteiger partial charge in [0.05, 0.1) is 30.3 Å². The summed E-state index contributed by atoms with van der Waals surface area (Å²) < 4.78 is 10.1. The van der Waals surface area contributed by atoms with Crippen LogP contribution >= 0.6 is 23.8 Å². The molecule has 2 N–H and O–H groups in total. The Balaban J connectivity index is 1.98. The minimum absolute atomic E-state index is 0.00943. The molecule has 0 fully saturated rings. The summed E-state index contributed by atoms with van der Waals surface area (Å²) in [5, 5.41) is 7.02. The molecule has 0 unspecified atom stereocenters. The van der Waals surface area contributed by atoms with Crippen molar-refractivity contribution in [1.29, 1.82) is 0 Å². The van der Waals surface area contributed by atoms with Gasteiger partial charge < -0.3 is 20.1 Å². The van der Waals surface area contributed by atoms with Crippen molar-refractivity contribution >= 4 is 40.6 Å². The zero-order valence-corrected chi connectivity index (χ0v) is 16.4. The van der Waals surface area contributed by atoms with E-state index in [1.165, 1.54) is 0 Å². The third-order valence-electron chi connectivity index (χ3n) is 3.69. The van der Waals surface area contributed by atoms with Crippen LogP contribution in [0.15, 0.2) is 42.5 Å². The predicted molar refractivity (Wildman–Crippen MR) is 108 cm³/mol. The standard InChI is InChI=1S/C19H21ClN2O3S/c1-4-25-18(23)16-10-7-14(11-17(16)20)22-19(26)21-12(2)13-5-8-15(24-3)9-6-13/h5-12H,4H2,1-3H3,(H2,21,22,26)/t12-/m0/s1. The molecule has 5 nitrogen and oxygen atoms in total. The van der Waals surface area contributed by atoms with Crippen LogP contribution in [0, 0.1) is 0 Å². The normalized spacial score (nSPS) is 11.4. The number of thiocarbonyl (C=S) groups is 1. The topological polar surface area (TPSA) is 59.6 Å². The Morgan fingerprint density at radius 3 is 2.50 bits per heavy atom. The minimum atomic E-state index is -0.446. The molecule has 26 heavy (non-hydrogen) atoms. The number of carbonyl (C=O) groups excluding carboxylic acids is 1. The lowest BCUT2D eigenvalue weighted by Crippen LogP contribution is -2.30. The van der Waals surface area contributed by atoms with E-state index in [0.717, 1.165) is 11.3 Å². The van der Waals surface area contributed by atoms with E-state index >= 15 is 0 Å². The molecule has 0 amide bonds. The largest absolute Gasteiger partial charge is 0.497 e. The van der Waals surface area contributed by atoms with E-state index in [0.29, 0.717) is 28.0 Å². The minimum Gasteiger partial charge on any atom is -0.497 e. The molecule has 0 aliphatic rings. The van der Waals surface area contributed by atoms with Crippen LogP contribution in [0.5, 0.6) is 5.75 Å². The maximum Gasteiger partial charge on any atom is 0.339 e. The number of nitrogens with one attached hydrogen (secondary N) is 2. The zero-order chi connectivity index (χ0) is 19.1. The second-order valence-corrected chi connectivity index (χ2v) is 6.32. The van der Waals surface area contributed by atoms with Gasteiger partial charge in [-0.2, -0.15) is 0 Å². The molecule has 0 aliphatic heterocycles. The maximum atomic E-state index is 11.8. The summed E-state index contributed by atoms with van der Waals surface area (Å²) in [5.41, 5.74) is 2.08. The van der Waals surface area contributed by atoms with E-state index in [-0.39, 0.29) is 6.04 Å². The molecule has 0 aliphatic carbocycles. The maximum absolute atomic E-state index is 11.8. The second-order valence-electron chi connectivity index (χ2n) is 5.51. The van der Waals surface area contributed by atoms with Crippen LogP contribution in [0.25, 0.3) is 0 Å². The van der Waals surface area contributed by atoms with Gasteiger partial charge in [0.1, 0.15) is 5.75 Å². The molecule has 0 saturated heterocycles. The van der Waals surface area contributed by atoms with Crippen molar-refractivity contribution in [3.05, 3.63) is 58.6 Å². The fraction of sp³-hybridized carbons (Fsp3) is 0.263. The number of benzene rings is 2. The third-order valence-corrected chi connectivity index (χ3v) is 4.22. The van der Waals surface area contributed by atoms with E-state index in [1.807, 2.05) is 31.2 Å². The number of hydrogen-bond donors (Lipinski definition) is 2. The van der Waals surface area contributed by atoms with E-state index in [1.54, 1.807) is 32.2 Å². The summed E-state index contributed by atoms with van der Waals surface area (Å²) in [6.07, 6.45) is 0. The zero-order valence-electron chi connectivity index (χ0n) is 14.8. The average Bonchev–Trinajstić information content (AvgIpc) is 2.61. The van der Waals surface area contributed by atoms with E-state index in [4.69, 9.17) is 33.3 Å². The fourth-order valence-corrected chi connectivity index (χ4v) is 2.86. The Hall–Kier alpha value is -2.31. The number of hydrogen-bond acceptors (Lipinski definition) is 4.